The Labute approximate surface area is 212 Å². The molecular formula is C27H25N5O3S. The second kappa shape index (κ2) is 10.7. The second-order valence-electron chi connectivity index (χ2n) is 8.79. The molecule has 0 unspecified atom stereocenters. The van der Waals surface area contributed by atoms with E-state index in [1.165, 1.54) is 29.0 Å². The highest BCUT2D eigenvalue weighted by Crippen LogP contribution is 2.32. The average Bonchev–Trinajstić information content (AvgIpc) is 3.38. The predicted molar refractivity (Wildman–Crippen MR) is 141 cm³/mol. The summed E-state index contributed by atoms with van der Waals surface area (Å²) < 4.78 is 0. The van der Waals surface area contributed by atoms with Crippen LogP contribution in [0.4, 0.5) is 16.5 Å². The fourth-order valence-corrected chi connectivity index (χ4v) is 5.25. The van der Waals surface area contributed by atoms with Crippen LogP contribution < -0.4 is 10.2 Å². The molecule has 0 bridgehead atoms. The number of carbonyl (C=O) groups is 1. The van der Waals surface area contributed by atoms with Gasteiger partial charge < -0.3 is 4.90 Å². The number of amides is 1. The van der Waals surface area contributed by atoms with E-state index in [1.54, 1.807) is 12.3 Å². The summed E-state index contributed by atoms with van der Waals surface area (Å²) in [5.74, 6) is 0.154. The Hall–Kier alpha value is -4.11. The third-order valence-corrected chi connectivity index (χ3v) is 7.17. The van der Waals surface area contributed by atoms with Crippen LogP contribution in [0.15, 0.2) is 78.3 Å². The molecule has 0 radical (unpaired) electrons. The molecule has 9 heteroatoms. The number of aromatic nitrogens is 2. The van der Waals surface area contributed by atoms with Gasteiger partial charge >= 0.3 is 0 Å². The molecule has 4 aromatic rings. The van der Waals surface area contributed by atoms with Crippen LogP contribution in [-0.4, -0.2) is 33.9 Å². The third kappa shape index (κ3) is 5.41. The van der Waals surface area contributed by atoms with Gasteiger partial charge in [-0.05, 0) is 48.9 Å². The van der Waals surface area contributed by atoms with Crippen molar-refractivity contribution >= 4 is 33.8 Å². The number of non-ortho nitro benzene ring substituents is 1. The minimum Gasteiger partial charge on any atom is -0.371 e. The molecule has 5 rings (SSSR count). The lowest BCUT2D eigenvalue weighted by molar-refractivity contribution is -0.384. The highest BCUT2D eigenvalue weighted by Gasteiger charge is 2.25. The van der Waals surface area contributed by atoms with E-state index in [-0.39, 0.29) is 11.3 Å². The van der Waals surface area contributed by atoms with E-state index in [0.29, 0.717) is 28.1 Å². The van der Waals surface area contributed by atoms with Gasteiger partial charge in [-0.15, -0.1) is 11.3 Å². The fraction of sp³-hybridized carbons (Fsp3) is 0.222. The molecule has 0 spiro atoms. The van der Waals surface area contributed by atoms with Crippen LogP contribution in [0.3, 0.4) is 0 Å². The van der Waals surface area contributed by atoms with Gasteiger partial charge in [0.05, 0.1) is 21.9 Å². The van der Waals surface area contributed by atoms with Gasteiger partial charge in [-0.2, -0.15) is 0 Å². The number of piperidine rings is 1. The Morgan fingerprint density at radius 1 is 1.06 bits per heavy atom. The van der Waals surface area contributed by atoms with E-state index < -0.39 is 10.8 Å². The quantitative estimate of drug-likeness (QED) is 0.254. The highest BCUT2D eigenvalue weighted by atomic mass is 32.1. The van der Waals surface area contributed by atoms with Gasteiger partial charge in [0.1, 0.15) is 5.69 Å². The van der Waals surface area contributed by atoms with Crippen LogP contribution in [0.5, 0.6) is 0 Å². The molecule has 8 nitrogen and oxygen atoms in total. The fourth-order valence-electron chi connectivity index (χ4n) is 4.55. The van der Waals surface area contributed by atoms with Crippen molar-refractivity contribution in [2.45, 2.75) is 19.3 Å². The number of anilines is 2. The molecule has 182 valence electrons. The molecule has 1 aliphatic heterocycles. The molecule has 0 atom stereocenters. The molecule has 1 aliphatic rings. The van der Waals surface area contributed by atoms with Crippen LogP contribution in [0.2, 0.25) is 0 Å². The van der Waals surface area contributed by atoms with Crippen LogP contribution in [0.1, 0.15) is 28.8 Å². The standard InChI is InChI=1S/C27H25N5O3S/c33-26(30-27-29-24(18-36-27)23-8-4-5-13-28-23)22-17-21(32(34)35)9-10-25(22)31-14-11-20(12-15-31)16-19-6-2-1-3-7-19/h1-10,13,17-18,20H,11-12,14-16H2,(H,29,30,33). The first kappa shape index (κ1) is 23.6. The number of hydrogen-bond acceptors (Lipinski definition) is 7. The zero-order valence-corrected chi connectivity index (χ0v) is 20.4. The summed E-state index contributed by atoms with van der Waals surface area (Å²) in [5, 5.41) is 16.5. The van der Waals surface area contributed by atoms with Gasteiger partial charge in [0.2, 0.25) is 0 Å². The first-order chi connectivity index (χ1) is 17.6. The zero-order chi connectivity index (χ0) is 24.9. The molecule has 0 aliphatic carbocycles. The Balaban J connectivity index is 1.32. The van der Waals surface area contributed by atoms with E-state index in [2.05, 4.69) is 44.5 Å². The summed E-state index contributed by atoms with van der Waals surface area (Å²) in [6, 6.07) is 20.5. The SMILES string of the molecule is O=C(Nc1nc(-c2ccccn2)cs1)c1cc([N+](=O)[O-])ccc1N1CCC(Cc2ccccc2)CC1. The summed E-state index contributed by atoms with van der Waals surface area (Å²) in [5.41, 5.74) is 3.58. The lowest BCUT2D eigenvalue weighted by atomic mass is 9.89. The molecule has 36 heavy (non-hydrogen) atoms. The van der Waals surface area contributed by atoms with Gasteiger partial charge in [-0.1, -0.05) is 36.4 Å². The van der Waals surface area contributed by atoms with E-state index in [9.17, 15) is 14.9 Å². The molecule has 1 fully saturated rings. The number of benzene rings is 2. The lowest BCUT2D eigenvalue weighted by Gasteiger charge is -2.34. The number of nitrogens with zero attached hydrogens (tertiary/aromatic N) is 4. The number of thiazole rings is 1. The van der Waals surface area contributed by atoms with Gasteiger partial charge in [-0.25, -0.2) is 4.98 Å². The monoisotopic (exact) mass is 499 g/mol. The number of nitro benzene ring substituents is 1. The van der Waals surface area contributed by atoms with Gasteiger partial charge in [-0.3, -0.25) is 25.2 Å². The number of nitrogens with one attached hydrogen (secondary N) is 1. The normalized spacial score (nSPS) is 13.9. The van der Waals surface area contributed by atoms with E-state index in [1.807, 2.05) is 29.6 Å². The predicted octanol–water partition coefficient (Wildman–Crippen LogP) is 5.82. The van der Waals surface area contributed by atoms with E-state index in [4.69, 9.17) is 0 Å². The van der Waals surface area contributed by atoms with Crippen molar-refractivity contribution in [1.29, 1.82) is 0 Å². The maximum atomic E-state index is 13.3. The highest BCUT2D eigenvalue weighted by molar-refractivity contribution is 7.14. The van der Waals surface area contributed by atoms with Crippen molar-refractivity contribution in [2.24, 2.45) is 5.92 Å². The van der Waals surface area contributed by atoms with Crippen molar-refractivity contribution in [1.82, 2.24) is 9.97 Å². The molecule has 3 heterocycles. The molecule has 2 aromatic heterocycles. The smallest absolute Gasteiger partial charge is 0.270 e. The topological polar surface area (TPSA) is 101 Å². The molecule has 1 amide bonds. The number of nitro groups is 1. The summed E-state index contributed by atoms with van der Waals surface area (Å²) in [6.07, 6.45) is 4.70. The van der Waals surface area contributed by atoms with Crippen molar-refractivity contribution in [2.75, 3.05) is 23.3 Å². The largest absolute Gasteiger partial charge is 0.371 e. The van der Waals surface area contributed by atoms with Gasteiger partial charge in [0.15, 0.2) is 5.13 Å². The number of pyridine rings is 1. The van der Waals surface area contributed by atoms with Crippen molar-refractivity contribution in [3.8, 4) is 11.4 Å². The van der Waals surface area contributed by atoms with Gasteiger partial charge in [0.25, 0.3) is 11.6 Å². The number of hydrogen-bond donors (Lipinski definition) is 1. The van der Waals surface area contributed by atoms with Crippen LogP contribution in [-0.2, 0) is 6.42 Å². The summed E-state index contributed by atoms with van der Waals surface area (Å²) in [7, 11) is 0. The lowest BCUT2D eigenvalue weighted by Crippen LogP contribution is -2.35. The Kier molecular flexibility index (Phi) is 6.99. The first-order valence-electron chi connectivity index (χ1n) is 11.8. The molecule has 1 N–H and O–H groups in total. The molecule has 2 aromatic carbocycles. The van der Waals surface area contributed by atoms with Crippen molar-refractivity contribution in [3.63, 3.8) is 0 Å². The first-order valence-corrected chi connectivity index (χ1v) is 12.7. The van der Waals surface area contributed by atoms with Crippen molar-refractivity contribution in [3.05, 3.63) is 99.5 Å². The van der Waals surface area contributed by atoms with Crippen LogP contribution in [0.25, 0.3) is 11.4 Å². The summed E-state index contributed by atoms with van der Waals surface area (Å²) in [6.45, 7) is 1.58. The second-order valence-corrected chi connectivity index (χ2v) is 9.64. The summed E-state index contributed by atoms with van der Waals surface area (Å²) in [4.78, 5) is 35.2. The summed E-state index contributed by atoms with van der Waals surface area (Å²) >= 11 is 1.29. The molecule has 1 saturated heterocycles. The Bertz CT molecular complexity index is 1350. The number of carbonyl (C=O) groups excluding carboxylic acids is 1. The Morgan fingerprint density at radius 3 is 2.56 bits per heavy atom. The molecular weight excluding hydrogens is 474 g/mol. The van der Waals surface area contributed by atoms with Crippen LogP contribution >= 0.6 is 11.3 Å². The van der Waals surface area contributed by atoms with E-state index in [0.717, 1.165) is 32.4 Å². The minimum absolute atomic E-state index is 0.115. The molecule has 0 saturated carbocycles. The zero-order valence-electron chi connectivity index (χ0n) is 19.5. The maximum Gasteiger partial charge on any atom is 0.270 e. The van der Waals surface area contributed by atoms with Crippen LogP contribution in [0, 0.1) is 16.0 Å². The maximum absolute atomic E-state index is 13.3. The third-order valence-electron chi connectivity index (χ3n) is 6.41. The Morgan fingerprint density at radius 2 is 1.83 bits per heavy atom. The number of rotatable bonds is 7. The average molecular weight is 500 g/mol. The van der Waals surface area contributed by atoms with Crippen molar-refractivity contribution < 1.29 is 9.72 Å². The van der Waals surface area contributed by atoms with E-state index >= 15 is 0 Å². The van der Waals surface area contributed by atoms with Gasteiger partial charge in [0, 0.05) is 36.8 Å². The minimum atomic E-state index is -0.477.